The third kappa shape index (κ3) is 2.74. The lowest BCUT2D eigenvalue weighted by Gasteiger charge is -2.14. The molecule has 0 saturated heterocycles. The summed E-state index contributed by atoms with van der Waals surface area (Å²) in [5.41, 5.74) is 0.442. The predicted octanol–water partition coefficient (Wildman–Crippen LogP) is 4.87. The standard InChI is InChI=1S/C16H10Cl3NO3/c1-23-12-3-2-7(17)4-9(12)13-14-10(19)5-8(18)6-11(14)20-16(22)15(13)21/h2-6,21H,1H3,(H,20,22). The fourth-order valence-electron chi connectivity index (χ4n) is 2.48. The second-order valence-electron chi connectivity index (χ2n) is 4.83. The van der Waals surface area contributed by atoms with Crippen molar-refractivity contribution in [3.63, 3.8) is 0 Å². The first kappa shape index (κ1) is 16.0. The van der Waals surface area contributed by atoms with Gasteiger partial charge in [0, 0.05) is 26.6 Å². The zero-order valence-corrected chi connectivity index (χ0v) is 14.1. The third-order valence-electron chi connectivity index (χ3n) is 3.44. The minimum atomic E-state index is -0.659. The molecule has 0 amide bonds. The molecule has 3 aromatic rings. The van der Waals surface area contributed by atoms with Gasteiger partial charge in [-0.15, -0.1) is 0 Å². The number of hydrogen-bond donors (Lipinski definition) is 2. The number of ether oxygens (including phenoxy) is 1. The molecule has 0 unspecified atom stereocenters. The third-order valence-corrected chi connectivity index (χ3v) is 4.19. The Balaban J connectivity index is 2.53. The van der Waals surface area contributed by atoms with Crippen LogP contribution in [0.1, 0.15) is 0 Å². The van der Waals surface area contributed by atoms with Crippen LogP contribution in [0.4, 0.5) is 0 Å². The van der Waals surface area contributed by atoms with E-state index in [0.717, 1.165) is 0 Å². The van der Waals surface area contributed by atoms with Crippen molar-refractivity contribution in [3.8, 4) is 22.6 Å². The average molecular weight is 371 g/mol. The lowest BCUT2D eigenvalue weighted by molar-refractivity contribution is 0.415. The Bertz CT molecular complexity index is 982. The fourth-order valence-corrected chi connectivity index (χ4v) is 3.24. The summed E-state index contributed by atoms with van der Waals surface area (Å²) in [4.78, 5) is 14.6. The highest BCUT2D eigenvalue weighted by Gasteiger charge is 2.20. The molecule has 4 nitrogen and oxygen atoms in total. The number of H-pyrrole nitrogens is 1. The van der Waals surface area contributed by atoms with Gasteiger partial charge in [0.2, 0.25) is 0 Å². The summed E-state index contributed by atoms with van der Waals surface area (Å²) in [5.74, 6) is -0.0232. The molecule has 0 saturated carbocycles. The van der Waals surface area contributed by atoms with Crippen LogP contribution < -0.4 is 10.3 Å². The van der Waals surface area contributed by atoms with Crippen LogP contribution >= 0.6 is 34.8 Å². The van der Waals surface area contributed by atoms with Gasteiger partial charge in [0.25, 0.3) is 5.56 Å². The summed E-state index contributed by atoms with van der Waals surface area (Å²) in [6, 6.07) is 7.98. The first-order valence-corrected chi connectivity index (χ1v) is 7.63. The number of nitrogens with one attached hydrogen (secondary N) is 1. The van der Waals surface area contributed by atoms with E-state index in [1.165, 1.54) is 13.2 Å². The van der Waals surface area contributed by atoms with E-state index >= 15 is 0 Å². The summed E-state index contributed by atoms with van der Waals surface area (Å²) in [7, 11) is 1.48. The van der Waals surface area contributed by atoms with Crippen LogP contribution in [0, 0.1) is 0 Å². The molecular formula is C16H10Cl3NO3. The number of aromatic hydroxyl groups is 1. The van der Waals surface area contributed by atoms with Crippen LogP contribution in [0.25, 0.3) is 22.0 Å². The minimum Gasteiger partial charge on any atom is -0.503 e. The summed E-state index contributed by atoms with van der Waals surface area (Å²) >= 11 is 18.3. The molecule has 0 fully saturated rings. The zero-order chi connectivity index (χ0) is 16.7. The molecule has 0 aliphatic rings. The van der Waals surface area contributed by atoms with Gasteiger partial charge in [-0.05, 0) is 30.3 Å². The Morgan fingerprint density at radius 1 is 1.09 bits per heavy atom. The normalized spacial score (nSPS) is 11.0. The molecular weight excluding hydrogens is 361 g/mol. The van der Waals surface area contributed by atoms with Gasteiger partial charge in [-0.1, -0.05) is 34.8 Å². The van der Waals surface area contributed by atoms with E-state index in [4.69, 9.17) is 39.5 Å². The van der Waals surface area contributed by atoms with Crippen molar-refractivity contribution in [3.05, 3.63) is 55.8 Å². The topological polar surface area (TPSA) is 62.3 Å². The van der Waals surface area contributed by atoms with E-state index in [2.05, 4.69) is 4.98 Å². The maximum Gasteiger partial charge on any atom is 0.291 e. The number of rotatable bonds is 2. The number of fused-ring (bicyclic) bond motifs is 1. The maximum atomic E-state index is 12.1. The van der Waals surface area contributed by atoms with Gasteiger partial charge in [0.15, 0.2) is 5.75 Å². The van der Waals surface area contributed by atoms with E-state index in [1.54, 1.807) is 24.3 Å². The van der Waals surface area contributed by atoms with E-state index in [0.29, 0.717) is 32.3 Å². The predicted molar refractivity (Wildman–Crippen MR) is 93.3 cm³/mol. The number of benzene rings is 2. The zero-order valence-electron chi connectivity index (χ0n) is 11.8. The quantitative estimate of drug-likeness (QED) is 0.676. The smallest absolute Gasteiger partial charge is 0.291 e. The van der Waals surface area contributed by atoms with Crippen molar-refractivity contribution >= 4 is 45.7 Å². The molecule has 0 aliphatic heterocycles. The average Bonchev–Trinajstić information content (AvgIpc) is 2.49. The number of methoxy groups -OCH3 is 1. The van der Waals surface area contributed by atoms with Crippen molar-refractivity contribution in [1.82, 2.24) is 4.98 Å². The molecule has 1 heterocycles. The number of aromatic nitrogens is 1. The molecule has 1 aromatic heterocycles. The van der Waals surface area contributed by atoms with Gasteiger partial charge in [-0.2, -0.15) is 0 Å². The molecule has 0 aliphatic carbocycles. The molecule has 0 radical (unpaired) electrons. The van der Waals surface area contributed by atoms with Crippen molar-refractivity contribution in [2.75, 3.05) is 7.11 Å². The Morgan fingerprint density at radius 2 is 1.83 bits per heavy atom. The lowest BCUT2D eigenvalue weighted by atomic mass is 9.99. The van der Waals surface area contributed by atoms with Crippen LogP contribution in [0.5, 0.6) is 11.5 Å². The molecule has 0 atom stereocenters. The second-order valence-corrected chi connectivity index (χ2v) is 6.11. The number of aromatic amines is 1. The Labute approximate surface area is 146 Å². The van der Waals surface area contributed by atoms with E-state index in [-0.39, 0.29) is 10.6 Å². The molecule has 118 valence electrons. The summed E-state index contributed by atoms with van der Waals surface area (Å²) in [6.45, 7) is 0. The highest BCUT2D eigenvalue weighted by atomic mass is 35.5. The van der Waals surface area contributed by atoms with Crippen molar-refractivity contribution in [2.45, 2.75) is 0 Å². The number of pyridine rings is 1. The lowest BCUT2D eigenvalue weighted by Crippen LogP contribution is -2.07. The van der Waals surface area contributed by atoms with Gasteiger partial charge in [-0.25, -0.2) is 0 Å². The van der Waals surface area contributed by atoms with E-state index in [9.17, 15) is 9.90 Å². The molecule has 3 rings (SSSR count). The second kappa shape index (κ2) is 5.96. The van der Waals surface area contributed by atoms with Gasteiger partial charge < -0.3 is 14.8 Å². The molecule has 0 spiro atoms. The van der Waals surface area contributed by atoms with Crippen molar-refractivity contribution in [1.29, 1.82) is 0 Å². The highest BCUT2D eigenvalue weighted by Crippen LogP contribution is 2.43. The Morgan fingerprint density at radius 3 is 2.52 bits per heavy atom. The summed E-state index contributed by atoms with van der Waals surface area (Å²) in [5, 5.41) is 11.9. The SMILES string of the molecule is COc1ccc(Cl)cc1-c1c(O)c(=O)[nH]c2cc(Cl)cc(Cl)c12. The van der Waals surface area contributed by atoms with Crippen molar-refractivity contribution < 1.29 is 9.84 Å². The van der Waals surface area contributed by atoms with Gasteiger partial charge >= 0.3 is 0 Å². The summed E-state index contributed by atoms with van der Waals surface area (Å²) < 4.78 is 5.31. The first-order valence-electron chi connectivity index (χ1n) is 6.50. The monoisotopic (exact) mass is 369 g/mol. The molecule has 7 heteroatoms. The number of hydrogen-bond acceptors (Lipinski definition) is 3. The molecule has 23 heavy (non-hydrogen) atoms. The molecule has 0 bridgehead atoms. The highest BCUT2D eigenvalue weighted by molar-refractivity contribution is 6.39. The first-order chi connectivity index (χ1) is 10.9. The van der Waals surface area contributed by atoms with Gasteiger partial charge in [0.05, 0.1) is 17.6 Å². The van der Waals surface area contributed by atoms with E-state index < -0.39 is 11.3 Å². The maximum absolute atomic E-state index is 12.1. The van der Waals surface area contributed by atoms with Crippen LogP contribution in [0.3, 0.4) is 0 Å². The van der Waals surface area contributed by atoms with Crippen molar-refractivity contribution in [2.24, 2.45) is 0 Å². The van der Waals surface area contributed by atoms with E-state index in [1.807, 2.05) is 0 Å². The Kier molecular flexibility index (Phi) is 4.15. The largest absolute Gasteiger partial charge is 0.503 e. The fraction of sp³-hybridized carbons (Fsp3) is 0.0625. The van der Waals surface area contributed by atoms with Crippen LogP contribution in [0.15, 0.2) is 35.1 Å². The number of halogens is 3. The summed E-state index contributed by atoms with van der Waals surface area (Å²) in [6.07, 6.45) is 0. The van der Waals surface area contributed by atoms with Gasteiger partial charge in [-0.3, -0.25) is 4.79 Å². The van der Waals surface area contributed by atoms with Gasteiger partial charge in [0.1, 0.15) is 5.75 Å². The minimum absolute atomic E-state index is 0.241. The Hall–Kier alpha value is -1.88. The van der Waals surface area contributed by atoms with Crippen LogP contribution in [0.2, 0.25) is 15.1 Å². The van der Waals surface area contributed by atoms with Crippen LogP contribution in [-0.2, 0) is 0 Å². The van der Waals surface area contributed by atoms with Crippen LogP contribution in [-0.4, -0.2) is 17.2 Å². The molecule has 2 aromatic carbocycles. The molecule has 2 N–H and O–H groups in total.